The summed E-state index contributed by atoms with van der Waals surface area (Å²) >= 11 is 0. The second-order valence-corrected chi connectivity index (χ2v) is 4.79. The molecule has 0 saturated heterocycles. The van der Waals surface area contributed by atoms with Gasteiger partial charge in [-0.1, -0.05) is 6.92 Å². The van der Waals surface area contributed by atoms with Crippen LogP contribution in [-0.4, -0.2) is 29.1 Å². The molecule has 1 fully saturated rings. The van der Waals surface area contributed by atoms with E-state index in [9.17, 15) is 4.79 Å². The third kappa shape index (κ3) is 2.72. The first-order valence-electron chi connectivity index (χ1n) is 6.36. The second-order valence-electron chi connectivity index (χ2n) is 4.79. The third-order valence-corrected chi connectivity index (χ3v) is 3.17. The van der Waals surface area contributed by atoms with Gasteiger partial charge in [-0.15, -0.1) is 0 Å². The number of anilines is 2. The average Bonchev–Trinajstić information content (AvgIpc) is 3.12. The van der Waals surface area contributed by atoms with Crippen LogP contribution in [0.2, 0.25) is 0 Å². The minimum atomic E-state index is -1.00. The van der Waals surface area contributed by atoms with E-state index >= 15 is 0 Å². The lowest BCUT2D eigenvalue weighted by molar-refractivity contribution is 0.0698. The molecule has 0 aromatic carbocycles. The lowest BCUT2D eigenvalue weighted by Gasteiger charge is -2.24. The molecular weight excluding hydrogens is 230 g/mol. The number of nitrogens with zero attached hydrogens (tertiary/aromatic N) is 2. The maximum Gasteiger partial charge on any atom is 0.337 e. The van der Waals surface area contributed by atoms with Gasteiger partial charge < -0.3 is 15.7 Å². The Balaban J connectivity index is 2.27. The molecule has 5 heteroatoms. The fourth-order valence-corrected chi connectivity index (χ4v) is 2.07. The number of carboxylic acid groups (broad SMARTS) is 1. The van der Waals surface area contributed by atoms with Crippen molar-refractivity contribution in [1.29, 1.82) is 0 Å². The van der Waals surface area contributed by atoms with E-state index in [0.717, 1.165) is 19.5 Å². The maximum atomic E-state index is 11.1. The number of hydrogen-bond acceptors (Lipinski definition) is 4. The van der Waals surface area contributed by atoms with Crippen LogP contribution in [0.3, 0.4) is 0 Å². The summed E-state index contributed by atoms with van der Waals surface area (Å²) in [4.78, 5) is 17.4. The van der Waals surface area contributed by atoms with Gasteiger partial charge in [0.05, 0.1) is 11.3 Å². The minimum Gasteiger partial charge on any atom is -0.478 e. The Labute approximate surface area is 107 Å². The predicted molar refractivity (Wildman–Crippen MR) is 70.8 cm³/mol. The molecule has 0 spiro atoms. The highest BCUT2D eigenvalue weighted by Gasteiger charge is 2.26. The van der Waals surface area contributed by atoms with E-state index in [0.29, 0.717) is 11.7 Å². The fourth-order valence-electron chi connectivity index (χ4n) is 2.07. The van der Waals surface area contributed by atoms with Crippen molar-refractivity contribution in [3.05, 3.63) is 17.8 Å². The normalized spacial score (nSPS) is 14.5. The molecule has 1 saturated carbocycles. The number of nitrogens with two attached hydrogens (primary N) is 1. The molecule has 5 nitrogen and oxygen atoms in total. The van der Waals surface area contributed by atoms with E-state index in [1.54, 1.807) is 0 Å². The van der Waals surface area contributed by atoms with Gasteiger partial charge in [0, 0.05) is 19.3 Å². The van der Waals surface area contributed by atoms with E-state index < -0.39 is 5.97 Å². The monoisotopic (exact) mass is 249 g/mol. The van der Waals surface area contributed by atoms with Crippen molar-refractivity contribution in [3.63, 3.8) is 0 Å². The second kappa shape index (κ2) is 5.25. The minimum absolute atomic E-state index is 0.136. The summed E-state index contributed by atoms with van der Waals surface area (Å²) in [6.45, 7) is 3.88. The number of rotatable bonds is 6. The van der Waals surface area contributed by atoms with Crippen molar-refractivity contribution < 1.29 is 9.90 Å². The van der Waals surface area contributed by atoms with Crippen LogP contribution < -0.4 is 10.6 Å². The molecule has 0 aliphatic heterocycles. The molecule has 1 aromatic heterocycles. The van der Waals surface area contributed by atoms with Crippen molar-refractivity contribution in [2.45, 2.75) is 26.2 Å². The van der Waals surface area contributed by atoms with Gasteiger partial charge >= 0.3 is 5.97 Å². The summed E-state index contributed by atoms with van der Waals surface area (Å²) in [5, 5.41) is 9.07. The zero-order valence-corrected chi connectivity index (χ0v) is 10.6. The Bertz CT molecular complexity index is 444. The average molecular weight is 249 g/mol. The quantitative estimate of drug-likeness (QED) is 0.806. The summed E-state index contributed by atoms with van der Waals surface area (Å²) in [6, 6.07) is 1.45. The van der Waals surface area contributed by atoms with E-state index in [1.807, 2.05) is 0 Å². The van der Waals surface area contributed by atoms with Gasteiger partial charge in [0.1, 0.15) is 0 Å². The highest BCUT2D eigenvalue weighted by Crippen LogP contribution is 2.33. The van der Waals surface area contributed by atoms with Gasteiger partial charge in [-0.2, -0.15) is 0 Å². The van der Waals surface area contributed by atoms with Gasteiger partial charge in [-0.3, -0.25) is 0 Å². The molecule has 2 rings (SSSR count). The molecular formula is C13H19N3O2. The van der Waals surface area contributed by atoms with Crippen LogP contribution in [0.15, 0.2) is 12.3 Å². The van der Waals surface area contributed by atoms with Gasteiger partial charge in [-0.25, -0.2) is 9.78 Å². The van der Waals surface area contributed by atoms with Crippen molar-refractivity contribution in [2.75, 3.05) is 23.7 Å². The predicted octanol–water partition coefficient (Wildman–Crippen LogP) is 1.99. The van der Waals surface area contributed by atoms with Crippen LogP contribution in [0.5, 0.6) is 0 Å². The van der Waals surface area contributed by atoms with Crippen LogP contribution in [0, 0.1) is 5.92 Å². The summed E-state index contributed by atoms with van der Waals surface area (Å²) in [6.07, 6.45) is 5.01. The Kier molecular flexibility index (Phi) is 3.69. The highest BCUT2D eigenvalue weighted by molar-refractivity contribution is 5.96. The molecule has 1 aliphatic rings. The molecule has 1 heterocycles. The summed E-state index contributed by atoms with van der Waals surface area (Å²) in [7, 11) is 0. The zero-order chi connectivity index (χ0) is 13.1. The largest absolute Gasteiger partial charge is 0.478 e. The molecule has 0 atom stereocenters. The fraction of sp³-hybridized carbons (Fsp3) is 0.538. The lowest BCUT2D eigenvalue weighted by atomic mass is 10.2. The summed E-state index contributed by atoms with van der Waals surface area (Å²) in [5.41, 5.74) is 6.34. The number of hydrogen-bond donors (Lipinski definition) is 2. The molecule has 1 aromatic rings. The van der Waals surface area contributed by atoms with Gasteiger partial charge in [0.15, 0.2) is 5.82 Å². The first kappa shape index (κ1) is 12.7. The van der Waals surface area contributed by atoms with Crippen LogP contribution >= 0.6 is 0 Å². The molecule has 0 bridgehead atoms. The van der Waals surface area contributed by atoms with Crippen molar-refractivity contribution >= 4 is 17.5 Å². The number of nitrogen functional groups attached to an aromatic ring is 1. The van der Waals surface area contributed by atoms with Crippen molar-refractivity contribution in [3.8, 4) is 0 Å². The smallest absolute Gasteiger partial charge is 0.337 e. The molecule has 98 valence electrons. The number of pyridine rings is 1. The molecule has 0 amide bonds. The number of aromatic carboxylic acids is 1. The molecule has 0 unspecified atom stereocenters. The van der Waals surface area contributed by atoms with E-state index in [4.69, 9.17) is 10.8 Å². The molecule has 0 radical (unpaired) electrons. The van der Waals surface area contributed by atoms with Gasteiger partial charge in [0.2, 0.25) is 0 Å². The topological polar surface area (TPSA) is 79.5 Å². The molecule has 1 aliphatic carbocycles. The van der Waals surface area contributed by atoms with Crippen molar-refractivity contribution in [1.82, 2.24) is 4.98 Å². The first-order valence-corrected chi connectivity index (χ1v) is 6.36. The Morgan fingerprint density at radius 2 is 2.33 bits per heavy atom. The highest BCUT2D eigenvalue weighted by atomic mass is 16.4. The van der Waals surface area contributed by atoms with E-state index in [1.165, 1.54) is 25.1 Å². The van der Waals surface area contributed by atoms with E-state index in [-0.39, 0.29) is 11.3 Å². The number of aromatic nitrogens is 1. The first-order chi connectivity index (χ1) is 8.63. The zero-order valence-electron chi connectivity index (χ0n) is 10.6. The van der Waals surface area contributed by atoms with Gasteiger partial charge in [0.25, 0.3) is 0 Å². The standard InChI is InChI=1S/C13H19N3O2/c1-2-7-16(8-9-3-4-9)12-11(14)10(13(17)18)5-6-15-12/h5-6,9H,2-4,7-8,14H2,1H3,(H,17,18). The summed E-state index contributed by atoms with van der Waals surface area (Å²) in [5.74, 6) is 0.328. The van der Waals surface area contributed by atoms with Gasteiger partial charge in [-0.05, 0) is 31.2 Å². The molecule has 3 N–H and O–H groups in total. The van der Waals surface area contributed by atoms with Crippen LogP contribution in [0.4, 0.5) is 11.5 Å². The Morgan fingerprint density at radius 3 is 2.89 bits per heavy atom. The lowest BCUT2D eigenvalue weighted by Crippen LogP contribution is -2.28. The van der Waals surface area contributed by atoms with Crippen LogP contribution in [0.25, 0.3) is 0 Å². The number of carboxylic acids is 1. The Morgan fingerprint density at radius 1 is 1.61 bits per heavy atom. The Hall–Kier alpha value is -1.78. The SMILES string of the molecule is CCCN(CC1CC1)c1nccc(C(=O)O)c1N. The van der Waals surface area contributed by atoms with E-state index in [2.05, 4.69) is 16.8 Å². The number of carbonyl (C=O) groups is 1. The third-order valence-electron chi connectivity index (χ3n) is 3.17. The summed E-state index contributed by atoms with van der Waals surface area (Å²) < 4.78 is 0. The maximum absolute atomic E-state index is 11.1. The van der Waals surface area contributed by atoms with Crippen LogP contribution in [-0.2, 0) is 0 Å². The van der Waals surface area contributed by atoms with Crippen molar-refractivity contribution in [2.24, 2.45) is 5.92 Å². The molecule has 18 heavy (non-hydrogen) atoms. The van der Waals surface area contributed by atoms with Crippen LogP contribution in [0.1, 0.15) is 36.5 Å².